The standard InChI is InChI=1S/C10H11N5O2S/c16-15(17)10-2-1-9(18-10)14-6-5-13-8-7-11-3-4-12-8/h1-4,7,14H,5-6H2,(H,12,13). The number of nitrogens with one attached hydrogen (secondary N) is 2. The Morgan fingerprint density at radius 1 is 1.28 bits per heavy atom. The highest BCUT2D eigenvalue weighted by molar-refractivity contribution is 7.19. The number of thiophene rings is 1. The van der Waals surface area contributed by atoms with Gasteiger partial charge in [-0.05, 0) is 17.4 Å². The number of anilines is 2. The quantitative estimate of drug-likeness (QED) is 0.471. The molecule has 2 rings (SSSR count). The van der Waals surface area contributed by atoms with Crippen LogP contribution in [-0.4, -0.2) is 28.0 Å². The maximum Gasteiger partial charge on any atom is 0.326 e. The Labute approximate surface area is 107 Å². The molecule has 0 aliphatic carbocycles. The van der Waals surface area contributed by atoms with Crippen LogP contribution in [0.2, 0.25) is 0 Å². The van der Waals surface area contributed by atoms with E-state index < -0.39 is 4.92 Å². The molecule has 0 amide bonds. The normalized spacial score (nSPS) is 10.0. The molecule has 0 spiro atoms. The lowest BCUT2D eigenvalue weighted by Crippen LogP contribution is -2.13. The Balaban J connectivity index is 1.73. The van der Waals surface area contributed by atoms with Crippen LogP contribution in [0.5, 0.6) is 0 Å². The molecule has 8 heteroatoms. The molecule has 0 radical (unpaired) electrons. The lowest BCUT2D eigenvalue weighted by Gasteiger charge is -2.05. The summed E-state index contributed by atoms with van der Waals surface area (Å²) in [6.07, 6.45) is 4.85. The molecule has 0 fully saturated rings. The van der Waals surface area contributed by atoms with Gasteiger partial charge in [-0.15, -0.1) is 0 Å². The van der Waals surface area contributed by atoms with Crippen LogP contribution in [0.3, 0.4) is 0 Å². The van der Waals surface area contributed by atoms with E-state index in [9.17, 15) is 10.1 Å². The predicted molar refractivity (Wildman–Crippen MR) is 70.0 cm³/mol. The van der Waals surface area contributed by atoms with Crippen LogP contribution >= 0.6 is 11.3 Å². The molecular formula is C10H11N5O2S. The van der Waals surface area contributed by atoms with Gasteiger partial charge in [0.15, 0.2) is 0 Å². The number of nitro groups is 1. The van der Waals surface area contributed by atoms with E-state index in [0.717, 1.165) is 16.3 Å². The van der Waals surface area contributed by atoms with Crippen molar-refractivity contribution in [2.24, 2.45) is 0 Å². The summed E-state index contributed by atoms with van der Waals surface area (Å²) in [4.78, 5) is 18.1. The fourth-order valence-corrected chi connectivity index (χ4v) is 2.03. The van der Waals surface area contributed by atoms with Crippen molar-refractivity contribution in [3.05, 3.63) is 40.8 Å². The van der Waals surface area contributed by atoms with Gasteiger partial charge in [0.2, 0.25) is 0 Å². The third-order valence-corrected chi connectivity index (χ3v) is 3.06. The van der Waals surface area contributed by atoms with Gasteiger partial charge in [0.1, 0.15) is 5.82 Å². The predicted octanol–water partition coefficient (Wildman–Crippen LogP) is 1.97. The van der Waals surface area contributed by atoms with Crippen molar-refractivity contribution >= 4 is 27.2 Å². The molecule has 0 saturated heterocycles. The van der Waals surface area contributed by atoms with Gasteiger partial charge in [0.25, 0.3) is 0 Å². The van der Waals surface area contributed by atoms with Crippen molar-refractivity contribution in [3.8, 4) is 0 Å². The number of hydrogen-bond acceptors (Lipinski definition) is 7. The second-order valence-electron chi connectivity index (χ2n) is 3.34. The number of nitrogens with zero attached hydrogens (tertiary/aromatic N) is 3. The van der Waals surface area contributed by atoms with Crippen LogP contribution in [0.25, 0.3) is 0 Å². The minimum absolute atomic E-state index is 0.138. The monoisotopic (exact) mass is 265 g/mol. The Bertz CT molecular complexity index is 516. The van der Waals surface area contributed by atoms with Gasteiger partial charge in [-0.2, -0.15) is 0 Å². The van der Waals surface area contributed by atoms with Crippen molar-refractivity contribution in [1.29, 1.82) is 0 Å². The third-order valence-electron chi connectivity index (χ3n) is 2.07. The van der Waals surface area contributed by atoms with E-state index in [4.69, 9.17) is 0 Å². The summed E-state index contributed by atoms with van der Waals surface area (Å²) in [5.74, 6) is 0.705. The van der Waals surface area contributed by atoms with E-state index in [2.05, 4.69) is 20.6 Å². The maximum atomic E-state index is 10.5. The van der Waals surface area contributed by atoms with Crippen molar-refractivity contribution < 1.29 is 4.92 Å². The highest BCUT2D eigenvalue weighted by Gasteiger charge is 2.08. The summed E-state index contributed by atoms with van der Waals surface area (Å²) in [5.41, 5.74) is 0. The van der Waals surface area contributed by atoms with Crippen LogP contribution in [0.4, 0.5) is 15.8 Å². The van der Waals surface area contributed by atoms with E-state index in [1.807, 2.05) is 0 Å². The smallest absolute Gasteiger partial charge is 0.326 e. The first-order valence-electron chi connectivity index (χ1n) is 5.24. The van der Waals surface area contributed by atoms with Crippen LogP contribution < -0.4 is 10.6 Å². The molecule has 18 heavy (non-hydrogen) atoms. The molecule has 94 valence electrons. The summed E-state index contributed by atoms with van der Waals surface area (Å²) in [5, 5.41) is 17.6. The highest BCUT2D eigenvalue weighted by atomic mass is 32.1. The second kappa shape index (κ2) is 5.92. The molecule has 0 bridgehead atoms. The molecule has 2 aromatic rings. The van der Waals surface area contributed by atoms with Gasteiger partial charge in [0, 0.05) is 31.5 Å². The van der Waals surface area contributed by atoms with Crippen molar-refractivity contribution in [3.63, 3.8) is 0 Å². The highest BCUT2D eigenvalue weighted by Crippen LogP contribution is 2.27. The van der Waals surface area contributed by atoms with Crippen molar-refractivity contribution in [2.45, 2.75) is 0 Å². The SMILES string of the molecule is O=[N+]([O-])c1ccc(NCCNc2cnccn2)s1. The third kappa shape index (κ3) is 3.39. The molecule has 0 aliphatic rings. The van der Waals surface area contributed by atoms with Crippen LogP contribution in [0.15, 0.2) is 30.7 Å². The molecule has 0 atom stereocenters. The zero-order chi connectivity index (χ0) is 12.8. The Hall–Kier alpha value is -2.22. The molecule has 2 heterocycles. The number of aromatic nitrogens is 2. The Morgan fingerprint density at radius 3 is 2.78 bits per heavy atom. The molecular weight excluding hydrogens is 254 g/mol. The largest absolute Gasteiger partial charge is 0.375 e. The number of rotatable bonds is 6. The Morgan fingerprint density at radius 2 is 2.11 bits per heavy atom. The van der Waals surface area contributed by atoms with Gasteiger partial charge in [-0.3, -0.25) is 15.1 Å². The topological polar surface area (TPSA) is 93.0 Å². The van der Waals surface area contributed by atoms with Gasteiger partial charge in [-0.25, -0.2) is 4.98 Å². The Kier molecular flexibility index (Phi) is 4.02. The van der Waals surface area contributed by atoms with E-state index in [-0.39, 0.29) is 5.00 Å². The summed E-state index contributed by atoms with van der Waals surface area (Å²) in [6, 6.07) is 3.19. The van der Waals surface area contributed by atoms with E-state index in [1.165, 1.54) is 6.07 Å². The van der Waals surface area contributed by atoms with Crippen LogP contribution in [0.1, 0.15) is 0 Å². The minimum atomic E-state index is -0.395. The maximum absolute atomic E-state index is 10.5. The van der Waals surface area contributed by atoms with Gasteiger partial charge < -0.3 is 10.6 Å². The molecule has 2 aromatic heterocycles. The lowest BCUT2D eigenvalue weighted by molar-refractivity contribution is -0.380. The molecule has 7 nitrogen and oxygen atoms in total. The first kappa shape index (κ1) is 12.2. The molecule has 2 N–H and O–H groups in total. The summed E-state index contributed by atoms with van der Waals surface area (Å²) < 4.78 is 0. The molecule has 0 aliphatic heterocycles. The summed E-state index contributed by atoms with van der Waals surface area (Å²) in [7, 11) is 0. The van der Waals surface area contributed by atoms with Crippen LogP contribution in [-0.2, 0) is 0 Å². The number of hydrogen-bond donors (Lipinski definition) is 2. The van der Waals surface area contributed by atoms with Crippen molar-refractivity contribution in [2.75, 3.05) is 23.7 Å². The van der Waals surface area contributed by atoms with Gasteiger partial charge in [0.05, 0.1) is 16.1 Å². The van der Waals surface area contributed by atoms with E-state index >= 15 is 0 Å². The summed E-state index contributed by atoms with van der Waals surface area (Å²) >= 11 is 1.12. The van der Waals surface area contributed by atoms with E-state index in [0.29, 0.717) is 18.9 Å². The second-order valence-corrected chi connectivity index (χ2v) is 4.40. The molecule has 0 saturated carbocycles. The fraction of sp³-hybridized carbons (Fsp3) is 0.200. The lowest BCUT2D eigenvalue weighted by atomic mass is 10.5. The summed E-state index contributed by atoms with van der Waals surface area (Å²) in [6.45, 7) is 1.30. The first-order valence-corrected chi connectivity index (χ1v) is 6.05. The zero-order valence-electron chi connectivity index (χ0n) is 9.37. The van der Waals surface area contributed by atoms with Gasteiger partial charge in [-0.1, -0.05) is 0 Å². The van der Waals surface area contributed by atoms with Gasteiger partial charge >= 0.3 is 5.00 Å². The molecule has 0 aromatic carbocycles. The molecule has 0 unspecified atom stereocenters. The zero-order valence-corrected chi connectivity index (χ0v) is 10.2. The van der Waals surface area contributed by atoms with Crippen molar-refractivity contribution in [1.82, 2.24) is 9.97 Å². The van der Waals surface area contributed by atoms with E-state index in [1.54, 1.807) is 24.7 Å². The average molecular weight is 265 g/mol. The first-order chi connectivity index (χ1) is 8.75. The fourth-order valence-electron chi connectivity index (χ4n) is 1.29. The van der Waals surface area contributed by atoms with Crippen LogP contribution in [0, 0.1) is 10.1 Å². The average Bonchev–Trinajstić information content (AvgIpc) is 2.85. The minimum Gasteiger partial charge on any atom is -0.375 e.